The molecule has 0 saturated carbocycles. The van der Waals surface area contributed by atoms with Gasteiger partial charge in [-0.25, -0.2) is 0 Å². The summed E-state index contributed by atoms with van der Waals surface area (Å²) in [5.74, 6) is -0.436. The van der Waals surface area contributed by atoms with Crippen LogP contribution >= 0.6 is 11.6 Å². The van der Waals surface area contributed by atoms with Gasteiger partial charge >= 0.3 is 6.61 Å². The van der Waals surface area contributed by atoms with Gasteiger partial charge in [0.25, 0.3) is 5.91 Å². The Balaban J connectivity index is 2.23. The summed E-state index contributed by atoms with van der Waals surface area (Å²) in [5.41, 5.74) is 1.67. The van der Waals surface area contributed by atoms with Crippen LogP contribution in [0.25, 0.3) is 0 Å². The Morgan fingerprint density at radius 1 is 1.21 bits per heavy atom. The van der Waals surface area contributed by atoms with Crippen LogP contribution in [0.15, 0.2) is 36.4 Å². The van der Waals surface area contributed by atoms with Gasteiger partial charge in [-0.05, 0) is 55.8 Å². The van der Waals surface area contributed by atoms with Crippen molar-refractivity contribution >= 4 is 23.2 Å². The molecule has 0 unspecified atom stereocenters. The van der Waals surface area contributed by atoms with E-state index in [1.807, 2.05) is 6.92 Å². The molecule has 0 aliphatic carbocycles. The molecule has 0 bridgehead atoms. The van der Waals surface area contributed by atoms with Crippen molar-refractivity contribution in [2.75, 3.05) is 11.9 Å². The first-order valence-electron chi connectivity index (χ1n) is 7.20. The number of amides is 1. The average molecular weight is 356 g/mol. The third-order valence-electron chi connectivity index (χ3n) is 3.16. The first-order valence-corrected chi connectivity index (χ1v) is 7.57. The molecule has 0 saturated heterocycles. The van der Waals surface area contributed by atoms with Gasteiger partial charge in [0.2, 0.25) is 0 Å². The van der Waals surface area contributed by atoms with Crippen LogP contribution in [0.2, 0.25) is 5.02 Å². The largest absolute Gasteiger partial charge is 0.490 e. The fourth-order valence-electron chi connectivity index (χ4n) is 2.07. The first-order chi connectivity index (χ1) is 11.4. The summed E-state index contributed by atoms with van der Waals surface area (Å²) in [6.07, 6.45) is 0. The summed E-state index contributed by atoms with van der Waals surface area (Å²) in [5, 5.41) is 3.31. The number of ether oxygens (including phenoxy) is 2. The number of hydrogen-bond acceptors (Lipinski definition) is 3. The Morgan fingerprint density at radius 2 is 1.96 bits per heavy atom. The molecule has 0 atom stereocenters. The molecule has 2 aromatic rings. The minimum absolute atomic E-state index is 0.0817. The Morgan fingerprint density at radius 3 is 2.58 bits per heavy atom. The number of hydrogen-bond donors (Lipinski definition) is 1. The van der Waals surface area contributed by atoms with Crippen molar-refractivity contribution in [3.8, 4) is 11.5 Å². The molecule has 0 aliphatic heterocycles. The Bertz CT molecular complexity index is 738. The molecule has 1 amide bonds. The zero-order chi connectivity index (χ0) is 17.7. The predicted molar refractivity (Wildman–Crippen MR) is 88.4 cm³/mol. The molecule has 0 aliphatic rings. The fourth-order valence-corrected chi connectivity index (χ4v) is 2.30. The Hall–Kier alpha value is -2.34. The number of benzene rings is 2. The second kappa shape index (κ2) is 7.97. The highest BCUT2D eigenvalue weighted by molar-refractivity contribution is 6.30. The van der Waals surface area contributed by atoms with E-state index in [0.29, 0.717) is 10.7 Å². The molecule has 0 spiro atoms. The Kier molecular flexibility index (Phi) is 5.98. The maximum atomic E-state index is 12.4. The van der Waals surface area contributed by atoms with Crippen molar-refractivity contribution in [3.63, 3.8) is 0 Å². The lowest BCUT2D eigenvalue weighted by Crippen LogP contribution is -2.13. The number of carbonyl (C=O) groups excluding carboxylic acids is 1. The monoisotopic (exact) mass is 355 g/mol. The van der Waals surface area contributed by atoms with Crippen LogP contribution in [0.4, 0.5) is 14.5 Å². The predicted octanol–water partition coefficient (Wildman–Crippen LogP) is 4.90. The number of nitrogens with one attached hydrogen (secondary N) is 1. The summed E-state index contributed by atoms with van der Waals surface area (Å²) in [7, 11) is 0. The van der Waals surface area contributed by atoms with Gasteiger partial charge in [-0.3, -0.25) is 4.79 Å². The normalized spacial score (nSPS) is 10.6. The molecule has 2 rings (SSSR count). The van der Waals surface area contributed by atoms with Gasteiger partial charge in [0.15, 0.2) is 11.5 Å². The van der Waals surface area contributed by atoms with Crippen molar-refractivity contribution in [2.24, 2.45) is 0 Å². The van der Waals surface area contributed by atoms with Gasteiger partial charge in [0.05, 0.1) is 6.61 Å². The number of alkyl halides is 2. The van der Waals surface area contributed by atoms with Crippen LogP contribution in [0.5, 0.6) is 11.5 Å². The lowest BCUT2D eigenvalue weighted by atomic mass is 10.1. The molecule has 128 valence electrons. The third-order valence-corrected chi connectivity index (χ3v) is 3.39. The van der Waals surface area contributed by atoms with E-state index in [9.17, 15) is 13.6 Å². The van der Waals surface area contributed by atoms with E-state index in [4.69, 9.17) is 16.3 Å². The van der Waals surface area contributed by atoms with Crippen LogP contribution in [0.3, 0.4) is 0 Å². The van der Waals surface area contributed by atoms with Gasteiger partial charge in [-0.15, -0.1) is 0 Å². The lowest BCUT2D eigenvalue weighted by Gasteiger charge is -2.13. The minimum Gasteiger partial charge on any atom is -0.490 e. The van der Waals surface area contributed by atoms with Gasteiger partial charge in [-0.1, -0.05) is 11.6 Å². The number of carbonyl (C=O) groups is 1. The lowest BCUT2D eigenvalue weighted by molar-refractivity contribution is -0.0514. The number of rotatable bonds is 6. The maximum absolute atomic E-state index is 12.4. The van der Waals surface area contributed by atoms with Crippen LogP contribution < -0.4 is 14.8 Å². The molecule has 24 heavy (non-hydrogen) atoms. The van der Waals surface area contributed by atoms with Gasteiger partial charge in [0, 0.05) is 16.3 Å². The molecule has 4 nitrogen and oxygen atoms in total. The van der Waals surface area contributed by atoms with Crippen LogP contribution in [0.1, 0.15) is 22.8 Å². The molecule has 0 radical (unpaired) electrons. The van der Waals surface area contributed by atoms with E-state index >= 15 is 0 Å². The first kappa shape index (κ1) is 18.0. The molecule has 1 N–H and O–H groups in total. The third kappa shape index (κ3) is 4.58. The highest BCUT2D eigenvalue weighted by Gasteiger charge is 2.15. The second-order valence-electron chi connectivity index (χ2n) is 4.89. The van der Waals surface area contributed by atoms with Crippen molar-refractivity contribution < 1.29 is 23.0 Å². The van der Waals surface area contributed by atoms with E-state index in [2.05, 4.69) is 10.1 Å². The maximum Gasteiger partial charge on any atom is 0.387 e. The summed E-state index contributed by atoms with van der Waals surface area (Å²) in [6, 6.07) is 9.11. The highest BCUT2D eigenvalue weighted by Crippen LogP contribution is 2.30. The van der Waals surface area contributed by atoms with Crippen molar-refractivity contribution in [2.45, 2.75) is 20.5 Å². The van der Waals surface area contributed by atoms with E-state index < -0.39 is 12.5 Å². The quantitative estimate of drug-likeness (QED) is 0.801. The topological polar surface area (TPSA) is 47.6 Å². The molecule has 2 aromatic carbocycles. The minimum atomic E-state index is -2.97. The van der Waals surface area contributed by atoms with Crippen molar-refractivity contribution in [1.82, 2.24) is 0 Å². The Labute approximate surface area is 143 Å². The van der Waals surface area contributed by atoms with Gasteiger partial charge in [0.1, 0.15) is 0 Å². The summed E-state index contributed by atoms with van der Waals surface area (Å²) < 4.78 is 34.4. The van der Waals surface area contributed by atoms with E-state index in [1.54, 1.807) is 25.1 Å². The van der Waals surface area contributed by atoms with Crippen LogP contribution in [-0.4, -0.2) is 19.1 Å². The summed E-state index contributed by atoms with van der Waals surface area (Å²) in [6.45, 7) is 0.796. The summed E-state index contributed by atoms with van der Waals surface area (Å²) in [4.78, 5) is 12.4. The van der Waals surface area contributed by atoms with Gasteiger partial charge in [-0.2, -0.15) is 8.78 Å². The van der Waals surface area contributed by atoms with Gasteiger partial charge < -0.3 is 14.8 Å². The van der Waals surface area contributed by atoms with E-state index in [-0.39, 0.29) is 23.7 Å². The molecule has 7 heteroatoms. The number of aryl methyl sites for hydroxylation is 1. The highest BCUT2D eigenvalue weighted by atomic mass is 35.5. The standard InChI is InChI=1S/C17H16ClF2NO3/c1-3-23-15-9-11(4-7-14(15)24-17(19)20)16(22)21-13-6-5-12(18)8-10(13)2/h4-9,17H,3H2,1-2H3,(H,21,22). The van der Waals surface area contributed by atoms with Crippen molar-refractivity contribution in [1.29, 1.82) is 0 Å². The van der Waals surface area contributed by atoms with Crippen molar-refractivity contribution in [3.05, 3.63) is 52.5 Å². The fraction of sp³-hybridized carbons (Fsp3) is 0.235. The van der Waals surface area contributed by atoms with E-state index in [0.717, 1.165) is 5.56 Å². The zero-order valence-electron chi connectivity index (χ0n) is 13.1. The molecule has 0 fully saturated rings. The van der Waals surface area contributed by atoms with Crippen LogP contribution in [-0.2, 0) is 0 Å². The molecular weight excluding hydrogens is 340 g/mol. The zero-order valence-corrected chi connectivity index (χ0v) is 13.9. The SMILES string of the molecule is CCOc1cc(C(=O)Nc2ccc(Cl)cc2C)ccc1OC(F)F. The van der Waals surface area contributed by atoms with E-state index in [1.165, 1.54) is 18.2 Å². The molecular formula is C17H16ClF2NO3. The van der Waals surface area contributed by atoms with Crippen LogP contribution in [0, 0.1) is 6.92 Å². The average Bonchev–Trinajstić information content (AvgIpc) is 2.51. The number of anilines is 1. The number of halogens is 3. The molecule has 0 aromatic heterocycles. The molecule has 0 heterocycles. The second-order valence-corrected chi connectivity index (χ2v) is 5.32. The smallest absolute Gasteiger partial charge is 0.387 e. The summed E-state index contributed by atoms with van der Waals surface area (Å²) >= 11 is 5.88.